The molecule has 2 aromatic carbocycles. The van der Waals surface area contributed by atoms with E-state index in [-0.39, 0.29) is 11.9 Å². The van der Waals surface area contributed by atoms with Gasteiger partial charge in [-0.15, -0.1) is 0 Å². The second-order valence-electron chi connectivity index (χ2n) is 5.12. The molecule has 4 heteroatoms. The van der Waals surface area contributed by atoms with Crippen molar-refractivity contribution in [2.24, 2.45) is 5.73 Å². The van der Waals surface area contributed by atoms with Crippen LogP contribution in [0.4, 0.5) is 10.1 Å². The summed E-state index contributed by atoms with van der Waals surface area (Å²) in [6, 6.07) is 13.0. The summed E-state index contributed by atoms with van der Waals surface area (Å²) < 4.78 is 15.0. The quantitative estimate of drug-likeness (QED) is 0.871. The molecule has 0 fully saturated rings. The molecule has 0 bridgehead atoms. The topological polar surface area (TPSA) is 29.3 Å². The van der Waals surface area contributed by atoms with Crippen molar-refractivity contribution in [3.8, 4) is 0 Å². The molecule has 0 spiro atoms. The fourth-order valence-electron chi connectivity index (χ4n) is 2.49. The highest BCUT2D eigenvalue weighted by molar-refractivity contribution is 9.10. The van der Waals surface area contributed by atoms with Crippen LogP contribution in [0.5, 0.6) is 0 Å². The molecular weight excluding hydrogens is 331 g/mol. The number of anilines is 1. The van der Waals surface area contributed by atoms with Gasteiger partial charge in [0.25, 0.3) is 0 Å². The van der Waals surface area contributed by atoms with Gasteiger partial charge in [0.05, 0.1) is 6.04 Å². The van der Waals surface area contributed by atoms with E-state index in [1.165, 1.54) is 6.07 Å². The molecule has 0 saturated heterocycles. The molecule has 2 N–H and O–H groups in total. The van der Waals surface area contributed by atoms with Crippen molar-refractivity contribution >= 4 is 21.6 Å². The van der Waals surface area contributed by atoms with Crippen LogP contribution in [-0.4, -0.2) is 13.6 Å². The summed E-state index contributed by atoms with van der Waals surface area (Å²) in [5.41, 5.74) is 8.64. The van der Waals surface area contributed by atoms with Crippen LogP contribution in [0.15, 0.2) is 46.9 Å². The summed E-state index contributed by atoms with van der Waals surface area (Å²) >= 11 is 3.49. The molecule has 1 atom stereocenters. The molecule has 2 aromatic rings. The molecule has 0 aliphatic carbocycles. The molecule has 2 nitrogen and oxygen atoms in total. The minimum atomic E-state index is -0.172. The molecule has 0 aliphatic rings. The fraction of sp³-hybridized carbons (Fsp3) is 0.294. The van der Waals surface area contributed by atoms with Crippen LogP contribution in [0.2, 0.25) is 0 Å². The van der Waals surface area contributed by atoms with E-state index in [4.69, 9.17) is 5.73 Å². The van der Waals surface area contributed by atoms with E-state index in [2.05, 4.69) is 26.9 Å². The van der Waals surface area contributed by atoms with Gasteiger partial charge < -0.3 is 10.6 Å². The molecule has 0 aliphatic heterocycles. The Morgan fingerprint density at radius 3 is 2.62 bits per heavy atom. The van der Waals surface area contributed by atoms with E-state index in [0.29, 0.717) is 12.1 Å². The summed E-state index contributed by atoms with van der Waals surface area (Å²) in [6.07, 6.45) is 0.795. The van der Waals surface area contributed by atoms with Gasteiger partial charge in [-0.3, -0.25) is 0 Å². The van der Waals surface area contributed by atoms with Gasteiger partial charge in [0.1, 0.15) is 5.82 Å². The lowest BCUT2D eigenvalue weighted by Gasteiger charge is -2.30. The minimum absolute atomic E-state index is 0.0519. The number of nitrogens with two attached hydrogens (primary N) is 1. The zero-order chi connectivity index (χ0) is 15.4. The molecule has 0 aromatic heterocycles. The molecule has 21 heavy (non-hydrogen) atoms. The first-order valence-corrected chi connectivity index (χ1v) is 7.79. The monoisotopic (exact) mass is 350 g/mol. The maximum Gasteiger partial charge on any atom is 0.128 e. The molecule has 0 radical (unpaired) electrons. The Morgan fingerprint density at radius 2 is 1.95 bits per heavy atom. The van der Waals surface area contributed by atoms with Gasteiger partial charge in [0.2, 0.25) is 0 Å². The molecule has 0 amide bonds. The molecule has 0 heterocycles. The van der Waals surface area contributed by atoms with E-state index in [1.54, 1.807) is 6.07 Å². The maximum absolute atomic E-state index is 14.0. The summed E-state index contributed by atoms with van der Waals surface area (Å²) in [5.74, 6) is -0.172. The Balaban J connectivity index is 2.35. The number of benzene rings is 2. The highest BCUT2D eigenvalue weighted by Gasteiger charge is 2.18. The summed E-state index contributed by atoms with van der Waals surface area (Å²) in [6.45, 7) is 2.60. The Kier molecular flexibility index (Phi) is 5.37. The smallest absolute Gasteiger partial charge is 0.128 e. The molecule has 1 unspecified atom stereocenters. The Morgan fingerprint density at radius 1 is 1.24 bits per heavy atom. The average molecular weight is 351 g/mol. The highest BCUT2D eigenvalue weighted by Crippen LogP contribution is 2.31. The Bertz CT molecular complexity index is 615. The third-order valence-corrected chi connectivity index (χ3v) is 4.26. The van der Waals surface area contributed by atoms with Gasteiger partial charge in [-0.05, 0) is 49.7 Å². The maximum atomic E-state index is 14.0. The molecule has 0 saturated carbocycles. The van der Waals surface area contributed by atoms with E-state index < -0.39 is 0 Å². The van der Waals surface area contributed by atoms with E-state index in [9.17, 15) is 4.39 Å². The zero-order valence-electron chi connectivity index (χ0n) is 12.3. The first kappa shape index (κ1) is 16.0. The van der Waals surface area contributed by atoms with Crippen molar-refractivity contribution in [1.29, 1.82) is 0 Å². The van der Waals surface area contributed by atoms with Gasteiger partial charge in [-0.2, -0.15) is 0 Å². The molecular formula is C17H20BrFN2. The fourth-order valence-corrected chi connectivity index (χ4v) is 2.89. The number of hydrogen-bond donors (Lipinski definition) is 1. The van der Waals surface area contributed by atoms with Crippen LogP contribution < -0.4 is 10.6 Å². The lowest BCUT2D eigenvalue weighted by atomic mass is 10.0. The number of halogens is 2. The standard InChI is InChI=1S/C17H20BrFN2/c1-12(15-5-3-4-6-16(15)19)21(2)17-8-7-14(18)11-13(17)9-10-20/h3-8,11-12H,9-10,20H2,1-2H3. The third kappa shape index (κ3) is 3.63. The van der Waals surface area contributed by atoms with Crippen LogP contribution in [0.25, 0.3) is 0 Å². The predicted molar refractivity (Wildman–Crippen MR) is 90.1 cm³/mol. The third-order valence-electron chi connectivity index (χ3n) is 3.77. The van der Waals surface area contributed by atoms with Crippen molar-refractivity contribution in [1.82, 2.24) is 0 Å². The number of nitrogens with zero attached hydrogens (tertiary/aromatic N) is 1. The van der Waals surface area contributed by atoms with Gasteiger partial charge >= 0.3 is 0 Å². The number of hydrogen-bond acceptors (Lipinski definition) is 2. The zero-order valence-corrected chi connectivity index (χ0v) is 13.9. The van der Waals surface area contributed by atoms with Crippen molar-refractivity contribution in [2.75, 3.05) is 18.5 Å². The minimum Gasteiger partial charge on any atom is -0.367 e. The Hall–Kier alpha value is -1.39. The highest BCUT2D eigenvalue weighted by atomic mass is 79.9. The van der Waals surface area contributed by atoms with Crippen LogP contribution >= 0.6 is 15.9 Å². The van der Waals surface area contributed by atoms with Crippen LogP contribution in [-0.2, 0) is 6.42 Å². The van der Waals surface area contributed by atoms with Crippen LogP contribution in [0, 0.1) is 5.82 Å². The van der Waals surface area contributed by atoms with Gasteiger partial charge in [-0.25, -0.2) is 4.39 Å². The lowest BCUT2D eigenvalue weighted by molar-refractivity contribution is 0.585. The largest absolute Gasteiger partial charge is 0.367 e. The van der Waals surface area contributed by atoms with Crippen molar-refractivity contribution < 1.29 is 4.39 Å². The van der Waals surface area contributed by atoms with Crippen LogP contribution in [0.1, 0.15) is 24.1 Å². The average Bonchev–Trinajstić information content (AvgIpc) is 2.47. The second-order valence-corrected chi connectivity index (χ2v) is 6.04. The molecule has 112 valence electrons. The van der Waals surface area contributed by atoms with Gasteiger partial charge in [0.15, 0.2) is 0 Å². The summed E-state index contributed by atoms with van der Waals surface area (Å²) in [4.78, 5) is 2.09. The van der Waals surface area contributed by atoms with E-state index in [0.717, 1.165) is 22.1 Å². The van der Waals surface area contributed by atoms with Crippen molar-refractivity contribution in [3.05, 3.63) is 63.9 Å². The first-order valence-electron chi connectivity index (χ1n) is 7.00. The SMILES string of the molecule is CC(c1ccccc1F)N(C)c1ccc(Br)cc1CCN. The summed E-state index contributed by atoms with van der Waals surface area (Å²) in [7, 11) is 1.99. The second kappa shape index (κ2) is 7.05. The van der Waals surface area contributed by atoms with Crippen molar-refractivity contribution in [3.63, 3.8) is 0 Å². The summed E-state index contributed by atoms with van der Waals surface area (Å²) in [5, 5.41) is 0. The van der Waals surface area contributed by atoms with E-state index in [1.807, 2.05) is 38.2 Å². The Labute approximate surface area is 133 Å². The molecule has 2 rings (SSSR count). The normalized spacial score (nSPS) is 12.2. The van der Waals surface area contributed by atoms with Gasteiger partial charge in [-0.1, -0.05) is 34.1 Å². The predicted octanol–water partition coefficient (Wildman–Crippen LogP) is 4.29. The van der Waals surface area contributed by atoms with E-state index >= 15 is 0 Å². The van der Waals surface area contributed by atoms with Crippen LogP contribution in [0.3, 0.4) is 0 Å². The number of rotatable bonds is 5. The van der Waals surface area contributed by atoms with Gasteiger partial charge in [0, 0.05) is 22.8 Å². The lowest BCUT2D eigenvalue weighted by Crippen LogP contribution is -2.24. The first-order chi connectivity index (χ1) is 10.0. The van der Waals surface area contributed by atoms with Crippen molar-refractivity contribution in [2.45, 2.75) is 19.4 Å².